The van der Waals surface area contributed by atoms with Crippen LogP contribution in [0.15, 0.2) is 18.2 Å². The molecule has 1 rings (SSSR count). The van der Waals surface area contributed by atoms with E-state index in [0.717, 1.165) is 23.7 Å². The summed E-state index contributed by atoms with van der Waals surface area (Å²) in [5.41, 5.74) is 7.62. The summed E-state index contributed by atoms with van der Waals surface area (Å²) in [5.74, 6) is 1.55. The minimum Gasteiger partial charge on any atom is -0.494 e. The van der Waals surface area contributed by atoms with Crippen LogP contribution in [0.4, 0.5) is 11.4 Å². The first-order chi connectivity index (χ1) is 8.19. The second-order valence-corrected chi connectivity index (χ2v) is 4.29. The molecule has 1 aromatic rings. The molecule has 3 N–H and O–H groups in total. The lowest BCUT2D eigenvalue weighted by atomic mass is 10.0. The Bertz CT molecular complexity index is 335. The molecule has 0 atom stereocenters. The van der Waals surface area contributed by atoms with Gasteiger partial charge in [0.25, 0.3) is 0 Å². The second-order valence-electron chi connectivity index (χ2n) is 4.29. The number of hydrogen-bond donors (Lipinski definition) is 2. The molecule has 0 heterocycles. The lowest BCUT2D eigenvalue weighted by Crippen LogP contribution is -2.12. The Hall–Kier alpha value is -1.38. The van der Waals surface area contributed by atoms with Crippen molar-refractivity contribution in [3.8, 4) is 5.75 Å². The number of benzene rings is 1. The van der Waals surface area contributed by atoms with E-state index in [4.69, 9.17) is 10.5 Å². The van der Waals surface area contributed by atoms with Crippen LogP contribution in [0.1, 0.15) is 33.6 Å². The normalized spacial score (nSPS) is 10.6. The van der Waals surface area contributed by atoms with Crippen molar-refractivity contribution < 1.29 is 4.74 Å². The van der Waals surface area contributed by atoms with E-state index in [2.05, 4.69) is 19.2 Å². The number of nitrogens with one attached hydrogen (secondary N) is 1. The topological polar surface area (TPSA) is 47.3 Å². The third-order valence-corrected chi connectivity index (χ3v) is 2.99. The molecule has 0 saturated heterocycles. The maximum absolute atomic E-state index is 5.84. The van der Waals surface area contributed by atoms with Crippen molar-refractivity contribution >= 4 is 11.4 Å². The molecule has 0 unspecified atom stereocenters. The minimum atomic E-state index is 0.662. The predicted octanol–water partition coefficient (Wildman–Crippen LogP) is 3.52. The van der Waals surface area contributed by atoms with Gasteiger partial charge in [0.1, 0.15) is 5.75 Å². The first-order valence-electron chi connectivity index (χ1n) is 6.46. The van der Waals surface area contributed by atoms with Crippen LogP contribution >= 0.6 is 0 Å². The summed E-state index contributed by atoms with van der Waals surface area (Å²) in [7, 11) is 0. The van der Waals surface area contributed by atoms with Gasteiger partial charge in [0.05, 0.1) is 6.61 Å². The molecule has 3 heteroatoms. The summed E-state index contributed by atoms with van der Waals surface area (Å²) < 4.78 is 5.47. The van der Waals surface area contributed by atoms with Gasteiger partial charge in [-0.25, -0.2) is 0 Å². The zero-order valence-corrected chi connectivity index (χ0v) is 11.1. The van der Waals surface area contributed by atoms with Crippen LogP contribution in [-0.2, 0) is 0 Å². The van der Waals surface area contributed by atoms with Gasteiger partial charge in [-0.15, -0.1) is 0 Å². The summed E-state index contributed by atoms with van der Waals surface area (Å²) in [6.45, 7) is 8.07. The molecule has 17 heavy (non-hydrogen) atoms. The Morgan fingerprint density at radius 3 is 2.47 bits per heavy atom. The van der Waals surface area contributed by atoms with Gasteiger partial charge in [0, 0.05) is 30.1 Å². The lowest BCUT2D eigenvalue weighted by molar-refractivity contribution is 0.340. The van der Waals surface area contributed by atoms with Crippen LogP contribution in [0.5, 0.6) is 5.75 Å². The van der Waals surface area contributed by atoms with Crippen molar-refractivity contribution in [2.75, 3.05) is 24.2 Å². The van der Waals surface area contributed by atoms with Crippen LogP contribution in [-0.4, -0.2) is 13.2 Å². The minimum absolute atomic E-state index is 0.662. The van der Waals surface area contributed by atoms with Crippen LogP contribution in [0, 0.1) is 5.92 Å². The smallest absolute Gasteiger partial charge is 0.123 e. The second kappa shape index (κ2) is 7.05. The van der Waals surface area contributed by atoms with Gasteiger partial charge in [0.15, 0.2) is 0 Å². The SMILES string of the molecule is CCOc1cc(N)cc(NCC(CC)CC)c1. The molecule has 0 aliphatic heterocycles. The molecule has 0 fully saturated rings. The number of rotatable bonds is 7. The molecular formula is C14H24N2O. The number of anilines is 2. The van der Waals surface area contributed by atoms with Crippen LogP contribution in [0.3, 0.4) is 0 Å². The fourth-order valence-corrected chi connectivity index (χ4v) is 1.81. The van der Waals surface area contributed by atoms with Crippen molar-refractivity contribution in [2.24, 2.45) is 5.92 Å². The van der Waals surface area contributed by atoms with Crippen LogP contribution in [0.25, 0.3) is 0 Å². The number of nitrogens with two attached hydrogens (primary N) is 1. The quantitative estimate of drug-likeness (QED) is 0.712. The van der Waals surface area contributed by atoms with Gasteiger partial charge >= 0.3 is 0 Å². The van der Waals surface area contributed by atoms with Gasteiger partial charge in [-0.2, -0.15) is 0 Å². The Balaban J connectivity index is 2.63. The van der Waals surface area contributed by atoms with Crippen molar-refractivity contribution in [2.45, 2.75) is 33.6 Å². The fraction of sp³-hybridized carbons (Fsp3) is 0.571. The standard InChI is InChI=1S/C14H24N2O/c1-4-11(5-2)10-16-13-7-12(15)8-14(9-13)17-6-3/h7-9,11,16H,4-6,10,15H2,1-3H3. The summed E-state index contributed by atoms with van der Waals surface area (Å²) >= 11 is 0. The molecule has 0 aromatic heterocycles. The van der Waals surface area contributed by atoms with E-state index in [-0.39, 0.29) is 0 Å². The van der Waals surface area contributed by atoms with E-state index in [9.17, 15) is 0 Å². The summed E-state index contributed by atoms with van der Waals surface area (Å²) in [4.78, 5) is 0. The highest BCUT2D eigenvalue weighted by Gasteiger charge is 2.04. The van der Waals surface area contributed by atoms with E-state index in [1.54, 1.807) is 0 Å². The highest BCUT2D eigenvalue weighted by atomic mass is 16.5. The van der Waals surface area contributed by atoms with Gasteiger partial charge in [0.2, 0.25) is 0 Å². The number of hydrogen-bond acceptors (Lipinski definition) is 3. The summed E-state index contributed by atoms with van der Waals surface area (Å²) in [6.07, 6.45) is 2.40. The number of nitrogen functional groups attached to an aromatic ring is 1. The molecule has 3 nitrogen and oxygen atoms in total. The average Bonchev–Trinajstić information content (AvgIpc) is 2.30. The maximum atomic E-state index is 5.84. The first-order valence-corrected chi connectivity index (χ1v) is 6.46. The van der Waals surface area contributed by atoms with E-state index in [1.165, 1.54) is 12.8 Å². The average molecular weight is 236 g/mol. The maximum Gasteiger partial charge on any atom is 0.123 e. The van der Waals surface area contributed by atoms with E-state index in [0.29, 0.717) is 12.5 Å². The number of ether oxygens (including phenoxy) is 1. The lowest BCUT2D eigenvalue weighted by Gasteiger charge is -2.15. The van der Waals surface area contributed by atoms with Crippen LogP contribution < -0.4 is 15.8 Å². The van der Waals surface area contributed by atoms with Gasteiger partial charge in [-0.3, -0.25) is 0 Å². The Morgan fingerprint density at radius 2 is 1.88 bits per heavy atom. The Morgan fingerprint density at radius 1 is 1.18 bits per heavy atom. The molecule has 0 radical (unpaired) electrons. The monoisotopic (exact) mass is 236 g/mol. The Labute approximate surface area is 104 Å². The molecule has 96 valence electrons. The van der Waals surface area contributed by atoms with Gasteiger partial charge < -0.3 is 15.8 Å². The van der Waals surface area contributed by atoms with Gasteiger partial charge in [-0.05, 0) is 18.9 Å². The van der Waals surface area contributed by atoms with Crippen LogP contribution in [0.2, 0.25) is 0 Å². The molecular weight excluding hydrogens is 212 g/mol. The highest BCUT2D eigenvalue weighted by molar-refractivity contribution is 5.59. The van der Waals surface area contributed by atoms with Crippen molar-refractivity contribution in [3.63, 3.8) is 0 Å². The molecule has 0 saturated carbocycles. The molecule has 0 aliphatic rings. The van der Waals surface area contributed by atoms with Crippen molar-refractivity contribution in [1.29, 1.82) is 0 Å². The first kappa shape index (κ1) is 13.7. The van der Waals surface area contributed by atoms with E-state index < -0.39 is 0 Å². The third-order valence-electron chi connectivity index (χ3n) is 2.99. The molecule has 0 bridgehead atoms. The third kappa shape index (κ3) is 4.55. The summed E-state index contributed by atoms with van der Waals surface area (Å²) in [6, 6.07) is 5.80. The zero-order valence-electron chi connectivity index (χ0n) is 11.1. The van der Waals surface area contributed by atoms with Gasteiger partial charge in [-0.1, -0.05) is 26.7 Å². The predicted molar refractivity (Wildman–Crippen MR) is 74.6 cm³/mol. The molecule has 0 amide bonds. The van der Waals surface area contributed by atoms with E-state index >= 15 is 0 Å². The zero-order chi connectivity index (χ0) is 12.7. The molecule has 0 spiro atoms. The fourth-order valence-electron chi connectivity index (χ4n) is 1.81. The van der Waals surface area contributed by atoms with E-state index in [1.807, 2.05) is 25.1 Å². The Kier molecular flexibility index (Phi) is 5.67. The molecule has 0 aliphatic carbocycles. The van der Waals surface area contributed by atoms with Crippen molar-refractivity contribution in [3.05, 3.63) is 18.2 Å². The van der Waals surface area contributed by atoms with Crippen molar-refractivity contribution in [1.82, 2.24) is 0 Å². The summed E-state index contributed by atoms with van der Waals surface area (Å²) in [5, 5.41) is 3.43. The largest absolute Gasteiger partial charge is 0.494 e. The molecule has 1 aromatic carbocycles. The highest BCUT2D eigenvalue weighted by Crippen LogP contribution is 2.23.